The molecule has 4 rings (SSSR count). The third kappa shape index (κ3) is 8.04. The summed E-state index contributed by atoms with van der Waals surface area (Å²) in [6.07, 6.45) is 6.19. The van der Waals surface area contributed by atoms with Crippen LogP contribution in [0.4, 0.5) is 0 Å². The predicted octanol–water partition coefficient (Wildman–Crippen LogP) is 6.77. The smallest absolute Gasteiger partial charge is 0.362 e. The van der Waals surface area contributed by atoms with E-state index in [1.165, 1.54) is 11.1 Å². The maximum absolute atomic E-state index is 5.16. The summed E-state index contributed by atoms with van der Waals surface area (Å²) in [6, 6.07) is 37.6. The minimum absolute atomic E-state index is 0.872. The molecule has 4 aromatic carbocycles. The van der Waals surface area contributed by atoms with Gasteiger partial charge in [0.1, 0.15) is 5.84 Å². The molecule has 0 fully saturated rings. The molecule has 4 aromatic rings. The minimum Gasteiger partial charge on any atom is -0.362 e. The molecule has 0 spiro atoms. The number of hydrogen-bond donors (Lipinski definition) is 0. The Morgan fingerprint density at radius 2 is 1.10 bits per heavy atom. The molecule has 0 saturated carbocycles. The second kappa shape index (κ2) is 13.9. The highest BCUT2D eigenvalue weighted by Crippen LogP contribution is 2.20. The van der Waals surface area contributed by atoms with Crippen LogP contribution in [0.3, 0.4) is 0 Å². The van der Waals surface area contributed by atoms with Crippen LogP contribution in [0.2, 0.25) is 0 Å². The molecular weight excluding hydrogens is 500 g/mol. The summed E-state index contributed by atoms with van der Waals surface area (Å²) >= 11 is 0. The standard InChI is InChI=1S/C37H39N4/c1-28-20-24-30(25-21-28)34(38-36(40(3)4)32-14-9-7-10-15-32)18-13-19-35(31-26-22-29(2)23-27-31)39-37(41(5)6)33-16-11-8-12-17-33/h7-27H,1-6H3/q+1. The molecule has 0 unspecified atom stereocenters. The third-order valence-corrected chi connectivity index (χ3v) is 6.57. The van der Waals surface area contributed by atoms with Gasteiger partial charge in [0.15, 0.2) is 0 Å². The second-order valence-corrected chi connectivity index (χ2v) is 10.4. The van der Waals surface area contributed by atoms with Gasteiger partial charge in [-0.05, 0) is 44.2 Å². The molecule has 0 aliphatic heterocycles. The van der Waals surface area contributed by atoms with Crippen molar-refractivity contribution in [2.45, 2.75) is 13.8 Å². The van der Waals surface area contributed by atoms with Crippen molar-refractivity contribution in [2.75, 3.05) is 28.2 Å². The summed E-state index contributed by atoms with van der Waals surface area (Å²) < 4.78 is 5.16. The Kier molecular flexibility index (Phi) is 9.88. The van der Waals surface area contributed by atoms with Gasteiger partial charge < -0.3 is 4.90 Å². The first-order valence-electron chi connectivity index (χ1n) is 13.8. The monoisotopic (exact) mass is 539 g/mol. The van der Waals surface area contributed by atoms with Gasteiger partial charge in [0, 0.05) is 36.9 Å². The maximum Gasteiger partial charge on any atom is 0.377 e. The van der Waals surface area contributed by atoms with Gasteiger partial charge in [0.25, 0.3) is 0 Å². The fraction of sp³-hybridized carbons (Fsp3) is 0.162. The van der Waals surface area contributed by atoms with Crippen molar-refractivity contribution in [2.24, 2.45) is 4.99 Å². The van der Waals surface area contributed by atoms with Crippen LogP contribution in [-0.4, -0.2) is 55.4 Å². The van der Waals surface area contributed by atoms with Gasteiger partial charge in [-0.15, -0.1) is 0 Å². The first-order chi connectivity index (χ1) is 19.8. The van der Waals surface area contributed by atoms with Crippen molar-refractivity contribution in [3.05, 3.63) is 161 Å². The van der Waals surface area contributed by atoms with E-state index in [1.54, 1.807) is 0 Å². The molecule has 206 valence electrons. The van der Waals surface area contributed by atoms with Gasteiger partial charge in [-0.1, -0.05) is 102 Å². The summed E-state index contributed by atoms with van der Waals surface area (Å²) in [7, 11) is 8.11. The molecule has 0 amide bonds. The van der Waals surface area contributed by atoms with Crippen molar-refractivity contribution in [1.29, 1.82) is 0 Å². The largest absolute Gasteiger partial charge is 0.377 e. The van der Waals surface area contributed by atoms with Gasteiger partial charge in [0.2, 0.25) is 5.71 Å². The van der Waals surface area contributed by atoms with Gasteiger partial charge in [-0.25, -0.2) is 9.66 Å². The topological polar surface area (TPSA) is 32.9 Å². The lowest BCUT2D eigenvalue weighted by Crippen LogP contribution is -2.26. The van der Waals surface area contributed by atoms with E-state index in [4.69, 9.17) is 9.66 Å². The zero-order valence-electron chi connectivity index (χ0n) is 24.9. The van der Waals surface area contributed by atoms with Crippen LogP contribution >= 0.6 is 0 Å². The lowest BCUT2D eigenvalue weighted by atomic mass is 10.1. The Bertz CT molecular complexity index is 1580. The van der Waals surface area contributed by atoms with Crippen LogP contribution in [0.15, 0.2) is 132 Å². The predicted molar refractivity (Wildman–Crippen MR) is 177 cm³/mol. The number of allylic oxidation sites excluding steroid dienone is 3. The zero-order chi connectivity index (χ0) is 29.2. The number of hydrogen-bond acceptors (Lipinski definition) is 1. The van der Waals surface area contributed by atoms with Crippen molar-refractivity contribution in [3.8, 4) is 0 Å². The second-order valence-electron chi connectivity index (χ2n) is 10.4. The SMILES string of the molecule is Cc1ccc(C(/C=C/C=C(\N=C(c2ccccc2)N(C)C)c2ccc(C)cc2)=[N+]=C(c2ccccc2)N(C)C)cc1. The number of benzene rings is 4. The normalized spacial score (nSPS) is 11.8. The molecule has 41 heavy (non-hydrogen) atoms. The summed E-state index contributed by atoms with van der Waals surface area (Å²) in [5, 5.41) is 0. The average molecular weight is 540 g/mol. The number of nitrogens with zero attached hydrogens (tertiary/aromatic N) is 4. The summed E-state index contributed by atoms with van der Waals surface area (Å²) in [5.74, 6) is 1.79. The van der Waals surface area contributed by atoms with E-state index in [0.29, 0.717) is 0 Å². The quantitative estimate of drug-likeness (QED) is 0.112. The van der Waals surface area contributed by atoms with E-state index in [2.05, 4.69) is 109 Å². The first kappa shape index (κ1) is 29.1. The van der Waals surface area contributed by atoms with E-state index in [9.17, 15) is 0 Å². The Hall–Kier alpha value is -4.92. The molecule has 0 aliphatic rings. The molecule has 0 radical (unpaired) electrons. The summed E-state index contributed by atoms with van der Waals surface area (Å²) in [4.78, 5) is 9.27. The third-order valence-electron chi connectivity index (χ3n) is 6.57. The van der Waals surface area contributed by atoms with E-state index >= 15 is 0 Å². The lowest BCUT2D eigenvalue weighted by Gasteiger charge is -2.17. The number of aliphatic imine (C=N–C) groups is 1. The average Bonchev–Trinajstić information content (AvgIpc) is 2.98. The van der Waals surface area contributed by atoms with Crippen LogP contribution in [0.1, 0.15) is 33.4 Å². The van der Waals surface area contributed by atoms with E-state index < -0.39 is 0 Å². The highest BCUT2D eigenvalue weighted by atomic mass is 15.1. The van der Waals surface area contributed by atoms with Gasteiger partial charge in [-0.2, -0.15) is 0 Å². The Balaban J connectivity index is 1.88. The molecule has 0 atom stereocenters. The van der Waals surface area contributed by atoms with E-state index in [0.717, 1.165) is 45.3 Å². The summed E-state index contributed by atoms with van der Waals surface area (Å²) in [6.45, 7) is 4.20. The van der Waals surface area contributed by atoms with E-state index in [1.807, 2.05) is 70.7 Å². The Morgan fingerprint density at radius 3 is 1.61 bits per heavy atom. The van der Waals surface area contributed by atoms with Crippen molar-refractivity contribution < 1.29 is 0 Å². The molecule has 0 saturated heterocycles. The molecule has 4 heteroatoms. The maximum atomic E-state index is 5.16. The zero-order valence-corrected chi connectivity index (χ0v) is 24.9. The number of rotatable bonds is 7. The first-order valence-corrected chi connectivity index (χ1v) is 13.8. The number of amidine groups is 2. The van der Waals surface area contributed by atoms with Crippen LogP contribution in [0.25, 0.3) is 5.70 Å². The molecule has 4 nitrogen and oxygen atoms in total. The lowest BCUT2D eigenvalue weighted by molar-refractivity contribution is 0.623. The minimum atomic E-state index is 0.872. The molecule has 0 bridgehead atoms. The number of aryl methyl sites for hydroxylation is 2. The van der Waals surface area contributed by atoms with Gasteiger partial charge >= 0.3 is 5.84 Å². The fourth-order valence-electron chi connectivity index (χ4n) is 4.32. The highest BCUT2D eigenvalue weighted by molar-refractivity contribution is 6.12. The Labute approximate surface area is 245 Å². The fourth-order valence-corrected chi connectivity index (χ4v) is 4.32. The Morgan fingerprint density at radius 1 is 0.585 bits per heavy atom. The van der Waals surface area contributed by atoms with Crippen molar-refractivity contribution >= 4 is 23.1 Å². The van der Waals surface area contributed by atoms with E-state index in [-0.39, 0.29) is 0 Å². The van der Waals surface area contributed by atoms with Gasteiger partial charge in [-0.3, -0.25) is 4.90 Å². The highest BCUT2D eigenvalue weighted by Gasteiger charge is 2.17. The molecule has 0 aromatic heterocycles. The van der Waals surface area contributed by atoms with Gasteiger partial charge in [0.05, 0.1) is 25.4 Å². The molecule has 0 aliphatic carbocycles. The molecule has 0 N–H and O–H groups in total. The van der Waals surface area contributed by atoms with Crippen LogP contribution in [-0.2, 0) is 0 Å². The molecular formula is C37H39N4+. The van der Waals surface area contributed by atoms with Crippen LogP contribution in [0.5, 0.6) is 0 Å². The van der Waals surface area contributed by atoms with Crippen LogP contribution < -0.4 is 4.67 Å². The van der Waals surface area contributed by atoms with Crippen LogP contribution in [0, 0.1) is 13.8 Å². The van der Waals surface area contributed by atoms with Crippen molar-refractivity contribution in [1.82, 2.24) is 14.5 Å². The van der Waals surface area contributed by atoms with Crippen molar-refractivity contribution in [3.63, 3.8) is 0 Å². The molecule has 0 heterocycles. The summed E-state index contributed by atoms with van der Waals surface area (Å²) in [5.41, 5.74) is 8.40.